The summed E-state index contributed by atoms with van der Waals surface area (Å²) in [5.41, 5.74) is 0.512. The molecule has 0 radical (unpaired) electrons. The van der Waals surface area contributed by atoms with Gasteiger partial charge >= 0.3 is 17.8 Å². The summed E-state index contributed by atoms with van der Waals surface area (Å²) in [5, 5.41) is 2.53. The molecule has 0 unspecified atom stereocenters. The Morgan fingerprint density at radius 2 is 1.75 bits per heavy atom. The molecule has 1 heterocycles. The average Bonchev–Trinajstić information content (AvgIpc) is 2.61. The minimum absolute atomic E-state index is 0.233. The molecule has 24 heavy (non-hydrogen) atoms. The zero-order valence-corrected chi connectivity index (χ0v) is 14.1. The van der Waals surface area contributed by atoms with Crippen LogP contribution >= 0.6 is 0 Å². The van der Waals surface area contributed by atoms with Crippen LogP contribution < -0.4 is 5.32 Å². The van der Waals surface area contributed by atoms with E-state index in [2.05, 4.69) is 17.1 Å². The van der Waals surface area contributed by atoms with Gasteiger partial charge in [0, 0.05) is 26.2 Å². The van der Waals surface area contributed by atoms with Crippen molar-refractivity contribution in [1.82, 2.24) is 9.80 Å². The number of hydrogen-bond donors (Lipinski definition) is 1. The minimum Gasteiger partial charge on any atom is -0.462 e. The molecule has 0 spiro atoms. The van der Waals surface area contributed by atoms with Crippen molar-refractivity contribution in [2.45, 2.75) is 13.8 Å². The number of carbonyl (C=O) groups excluding carboxylic acids is 3. The fourth-order valence-corrected chi connectivity index (χ4v) is 2.57. The Bertz CT molecular complexity index is 610. The summed E-state index contributed by atoms with van der Waals surface area (Å²) in [5.74, 6) is -1.85. The van der Waals surface area contributed by atoms with Crippen LogP contribution in [0.25, 0.3) is 0 Å². The number of benzene rings is 1. The van der Waals surface area contributed by atoms with Crippen molar-refractivity contribution >= 4 is 23.5 Å². The van der Waals surface area contributed by atoms with Gasteiger partial charge in [-0.1, -0.05) is 19.1 Å². The molecule has 0 aliphatic carbocycles. The van der Waals surface area contributed by atoms with Gasteiger partial charge in [-0.25, -0.2) is 4.79 Å². The van der Waals surface area contributed by atoms with Crippen LogP contribution in [-0.2, 0) is 14.3 Å². The Balaban J connectivity index is 2.02. The van der Waals surface area contributed by atoms with E-state index >= 15 is 0 Å². The van der Waals surface area contributed by atoms with Crippen molar-refractivity contribution in [3.05, 3.63) is 29.8 Å². The first-order valence-corrected chi connectivity index (χ1v) is 8.15. The van der Waals surface area contributed by atoms with E-state index in [1.807, 2.05) is 0 Å². The molecule has 2 rings (SSSR count). The molecule has 2 amide bonds. The third-order valence-corrected chi connectivity index (χ3v) is 3.97. The first kappa shape index (κ1) is 17.9. The second-order valence-electron chi connectivity index (χ2n) is 5.45. The lowest BCUT2D eigenvalue weighted by Gasteiger charge is -2.33. The van der Waals surface area contributed by atoms with Crippen LogP contribution in [0.3, 0.4) is 0 Å². The van der Waals surface area contributed by atoms with E-state index in [1.54, 1.807) is 31.2 Å². The van der Waals surface area contributed by atoms with E-state index in [-0.39, 0.29) is 17.9 Å². The average molecular weight is 333 g/mol. The van der Waals surface area contributed by atoms with Crippen LogP contribution in [0.5, 0.6) is 0 Å². The van der Waals surface area contributed by atoms with Crippen LogP contribution in [0.15, 0.2) is 24.3 Å². The molecule has 1 aliphatic heterocycles. The van der Waals surface area contributed by atoms with Gasteiger partial charge in [-0.3, -0.25) is 9.59 Å². The predicted molar refractivity (Wildman–Crippen MR) is 89.7 cm³/mol. The van der Waals surface area contributed by atoms with Gasteiger partial charge in [-0.05, 0) is 25.6 Å². The number of esters is 1. The summed E-state index contributed by atoms with van der Waals surface area (Å²) in [6.07, 6.45) is 0. The fourth-order valence-electron chi connectivity index (χ4n) is 2.57. The van der Waals surface area contributed by atoms with Gasteiger partial charge in [-0.15, -0.1) is 0 Å². The Morgan fingerprint density at radius 1 is 1.08 bits per heavy atom. The number of amides is 2. The molecule has 1 N–H and O–H groups in total. The molecule has 1 saturated heterocycles. The SMILES string of the molecule is CCOC(=O)c1ccccc1NC(=O)C(=O)N1CCN(CC)CC1. The van der Waals surface area contributed by atoms with Crippen molar-refractivity contribution in [2.24, 2.45) is 0 Å². The van der Waals surface area contributed by atoms with Gasteiger partial charge in [0.15, 0.2) is 0 Å². The molecule has 0 saturated carbocycles. The number of likely N-dealkylation sites (N-methyl/N-ethyl adjacent to an activating group) is 1. The number of hydrogen-bond acceptors (Lipinski definition) is 5. The predicted octanol–water partition coefficient (Wildman–Crippen LogP) is 0.966. The Morgan fingerprint density at radius 3 is 2.38 bits per heavy atom. The molecule has 7 heteroatoms. The molecule has 1 aromatic rings. The lowest BCUT2D eigenvalue weighted by atomic mass is 10.1. The molecule has 1 fully saturated rings. The molecule has 0 aromatic heterocycles. The van der Waals surface area contributed by atoms with Crippen LogP contribution in [0, 0.1) is 0 Å². The molecule has 0 atom stereocenters. The summed E-state index contributed by atoms with van der Waals surface area (Å²) in [7, 11) is 0. The van der Waals surface area contributed by atoms with Crippen molar-refractivity contribution in [3.63, 3.8) is 0 Å². The summed E-state index contributed by atoms with van der Waals surface area (Å²) in [4.78, 5) is 40.2. The number of carbonyl (C=O) groups is 3. The zero-order chi connectivity index (χ0) is 17.5. The highest BCUT2D eigenvalue weighted by Gasteiger charge is 2.26. The van der Waals surface area contributed by atoms with Gasteiger partial charge < -0.3 is 19.9 Å². The number of anilines is 1. The summed E-state index contributed by atoms with van der Waals surface area (Å²) in [6.45, 7) is 7.51. The maximum atomic E-state index is 12.3. The largest absolute Gasteiger partial charge is 0.462 e. The Hall–Kier alpha value is -2.41. The summed E-state index contributed by atoms with van der Waals surface area (Å²) in [6, 6.07) is 6.49. The van der Waals surface area contributed by atoms with Gasteiger partial charge in [0.25, 0.3) is 0 Å². The number of piperazine rings is 1. The van der Waals surface area contributed by atoms with Crippen molar-refractivity contribution < 1.29 is 19.1 Å². The topological polar surface area (TPSA) is 78.9 Å². The van der Waals surface area contributed by atoms with Gasteiger partial charge in [0.05, 0.1) is 17.9 Å². The standard InChI is InChI=1S/C17H23N3O4/c1-3-19-9-11-20(12-10-19)16(22)15(21)18-14-8-6-5-7-13(14)17(23)24-4-2/h5-8H,3-4,9-12H2,1-2H3,(H,18,21). The normalized spacial score (nSPS) is 15.0. The van der Waals surface area contributed by atoms with Gasteiger partial charge in [0.2, 0.25) is 0 Å². The maximum absolute atomic E-state index is 12.3. The second-order valence-corrected chi connectivity index (χ2v) is 5.45. The highest BCUT2D eigenvalue weighted by atomic mass is 16.5. The maximum Gasteiger partial charge on any atom is 0.340 e. The highest BCUT2D eigenvalue weighted by molar-refractivity contribution is 6.39. The lowest BCUT2D eigenvalue weighted by Crippen LogP contribution is -2.51. The Kier molecular flexibility index (Phi) is 6.31. The second kappa shape index (κ2) is 8.44. The van der Waals surface area contributed by atoms with Crippen LogP contribution in [0.1, 0.15) is 24.2 Å². The highest BCUT2D eigenvalue weighted by Crippen LogP contribution is 2.16. The molecule has 1 aliphatic rings. The van der Waals surface area contributed by atoms with Crippen molar-refractivity contribution in [3.8, 4) is 0 Å². The summed E-state index contributed by atoms with van der Waals surface area (Å²) < 4.78 is 4.96. The van der Waals surface area contributed by atoms with E-state index in [0.29, 0.717) is 13.1 Å². The fraction of sp³-hybridized carbons (Fsp3) is 0.471. The third-order valence-electron chi connectivity index (χ3n) is 3.97. The zero-order valence-electron chi connectivity index (χ0n) is 14.1. The smallest absolute Gasteiger partial charge is 0.340 e. The van der Waals surface area contributed by atoms with Crippen molar-refractivity contribution in [2.75, 3.05) is 44.6 Å². The van der Waals surface area contributed by atoms with E-state index < -0.39 is 17.8 Å². The first-order chi connectivity index (χ1) is 11.6. The number of nitrogens with zero attached hydrogens (tertiary/aromatic N) is 2. The van der Waals surface area contributed by atoms with E-state index in [9.17, 15) is 14.4 Å². The monoisotopic (exact) mass is 333 g/mol. The number of nitrogens with one attached hydrogen (secondary N) is 1. The number of rotatable bonds is 4. The first-order valence-electron chi connectivity index (χ1n) is 8.15. The van der Waals surface area contributed by atoms with E-state index in [0.717, 1.165) is 19.6 Å². The van der Waals surface area contributed by atoms with Crippen LogP contribution in [0.2, 0.25) is 0 Å². The molecule has 0 bridgehead atoms. The van der Waals surface area contributed by atoms with Crippen LogP contribution in [-0.4, -0.2) is 66.9 Å². The van der Waals surface area contributed by atoms with Crippen molar-refractivity contribution in [1.29, 1.82) is 0 Å². The quantitative estimate of drug-likeness (QED) is 0.656. The molecule has 1 aromatic carbocycles. The van der Waals surface area contributed by atoms with E-state index in [1.165, 1.54) is 4.90 Å². The van der Waals surface area contributed by atoms with E-state index in [4.69, 9.17) is 4.74 Å². The molecule has 7 nitrogen and oxygen atoms in total. The minimum atomic E-state index is -0.739. The number of para-hydroxylation sites is 1. The molecule has 130 valence electrons. The lowest BCUT2D eigenvalue weighted by molar-refractivity contribution is -0.144. The van der Waals surface area contributed by atoms with Crippen LogP contribution in [0.4, 0.5) is 5.69 Å². The summed E-state index contributed by atoms with van der Waals surface area (Å²) >= 11 is 0. The third kappa shape index (κ3) is 4.32. The number of ether oxygens (including phenoxy) is 1. The van der Waals surface area contributed by atoms with Gasteiger partial charge in [0.1, 0.15) is 0 Å². The van der Waals surface area contributed by atoms with Gasteiger partial charge in [-0.2, -0.15) is 0 Å². The molecular formula is C17H23N3O4. The molecular weight excluding hydrogens is 310 g/mol. The Labute approximate surface area is 141 Å².